The number of aromatic nitrogens is 8. The number of nitrogens with zero attached hydrogens (tertiary/aromatic N) is 9. The predicted octanol–water partition coefficient (Wildman–Crippen LogP) is -0.411. The van der Waals surface area contributed by atoms with Gasteiger partial charge in [-0.15, -0.1) is 0 Å². The first-order chi connectivity index (χ1) is 19.7. The topological polar surface area (TPSA) is 327 Å². The molecular weight excluding hydrogens is 772 g/mol. The number of rotatable bonds is 9. The number of hydrogen-bond acceptors (Lipinski definition) is 18. The van der Waals surface area contributed by atoms with Crippen molar-refractivity contribution in [2.75, 3.05) is 66.5 Å². The number of nitrogens with two attached hydrogens (primary N) is 4. The number of fused-ring (bicyclic) bond motifs is 1. The Hall–Kier alpha value is -3.75. The lowest BCUT2D eigenvalue weighted by atomic mass is 10.4. The quantitative estimate of drug-likeness (QED) is 0.0590. The van der Waals surface area contributed by atoms with Crippen molar-refractivity contribution in [3.05, 3.63) is 35.0 Å². The lowest BCUT2D eigenvalue weighted by molar-refractivity contribution is -0.384. The molecule has 0 bridgehead atoms. The van der Waals surface area contributed by atoms with E-state index >= 15 is 0 Å². The van der Waals surface area contributed by atoms with Crippen LogP contribution in [0.3, 0.4) is 0 Å². The zero-order chi connectivity index (χ0) is 30.8. The van der Waals surface area contributed by atoms with Crippen molar-refractivity contribution in [2.45, 2.75) is 6.54 Å². The Morgan fingerprint density at radius 3 is 1.93 bits per heavy atom. The number of nitrogens with one attached hydrogen (secondary N) is 2. The molecule has 0 aliphatic heterocycles. The van der Waals surface area contributed by atoms with Crippen LogP contribution in [0.2, 0.25) is 0 Å². The van der Waals surface area contributed by atoms with Crippen LogP contribution in [0.25, 0.3) is 11.2 Å². The summed E-state index contributed by atoms with van der Waals surface area (Å²) in [6.45, 7) is 0.935. The van der Waals surface area contributed by atoms with Crippen molar-refractivity contribution in [3.63, 3.8) is 0 Å². The molecule has 4 aromatic rings. The molecule has 41 heavy (non-hydrogen) atoms. The van der Waals surface area contributed by atoms with Crippen molar-refractivity contribution in [2.24, 2.45) is 0 Å². The van der Waals surface area contributed by atoms with Gasteiger partial charge in [-0.1, -0.05) is 0 Å². The fourth-order valence-corrected chi connectivity index (χ4v) is 2.69. The van der Waals surface area contributed by atoms with E-state index in [4.69, 9.17) is 38.3 Å². The second-order valence-electron chi connectivity index (χ2n) is 7.15. The molecule has 0 aromatic carbocycles. The highest BCUT2D eigenvalue weighted by Crippen LogP contribution is 2.20. The summed E-state index contributed by atoms with van der Waals surface area (Å²) in [4.78, 5) is 36.4. The lowest BCUT2D eigenvalue weighted by Crippen LogP contribution is -2.10. The highest BCUT2D eigenvalue weighted by Gasteiger charge is 2.15. The molecule has 0 unspecified atom stereocenters. The summed E-state index contributed by atoms with van der Waals surface area (Å²) in [6.07, 6.45) is 5.60. The van der Waals surface area contributed by atoms with E-state index in [2.05, 4.69) is 82.8 Å². The van der Waals surface area contributed by atoms with Crippen molar-refractivity contribution in [3.8, 4) is 0 Å². The molecule has 22 heteroatoms. The van der Waals surface area contributed by atoms with Crippen molar-refractivity contribution >= 4 is 89.3 Å². The van der Waals surface area contributed by atoms with Gasteiger partial charge in [-0.05, 0) is 0 Å². The summed E-state index contributed by atoms with van der Waals surface area (Å²) < 4.78 is 1.73. The van der Waals surface area contributed by atoms with Gasteiger partial charge < -0.3 is 53.5 Å². The second-order valence-corrected chi connectivity index (χ2v) is 7.15. The Morgan fingerprint density at radius 2 is 1.34 bits per heavy atom. The maximum Gasteiger partial charge on any atom is 0.329 e. The average Bonchev–Trinajstić information content (AvgIpc) is 3.36. The van der Waals surface area contributed by atoms with Crippen molar-refractivity contribution in [1.82, 2.24) is 39.5 Å². The average molecular weight is 801 g/mol. The zero-order valence-corrected chi connectivity index (χ0v) is 25.6. The summed E-state index contributed by atoms with van der Waals surface area (Å²) in [7, 11) is 0. The Morgan fingerprint density at radius 1 is 0.805 bits per heavy atom. The van der Waals surface area contributed by atoms with E-state index < -0.39 is 4.92 Å². The van der Waals surface area contributed by atoms with E-state index in [1.165, 1.54) is 6.20 Å². The number of aliphatic hydroxyl groups is 3. The van der Waals surface area contributed by atoms with E-state index in [1.807, 2.05) is 0 Å². The normalized spacial score (nSPS) is 9.78. The maximum atomic E-state index is 10.5. The first-order valence-electron chi connectivity index (χ1n) is 11.2. The molecule has 0 aliphatic carbocycles. The molecule has 0 amide bonds. The summed E-state index contributed by atoms with van der Waals surface area (Å²) in [6, 6.07) is 0. The number of anilines is 6. The fourth-order valence-electron chi connectivity index (χ4n) is 2.69. The van der Waals surface area contributed by atoms with Crippen LogP contribution in [-0.2, 0) is 6.54 Å². The summed E-state index contributed by atoms with van der Waals surface area (Å²) in [5.41, 5.74) is 23.0. The van der Waals surface area contributed by atoms with E-state index in [0.29, 0.717) is 35.8 Å². The Kier molecular flexibility index (Phi) is 16.6. The highest BCUT2D eigenvalue weighted by atomic mass is 128. The third-order valence-electron chi connectivity index (χ3n) is 4.35. The minimum absolute atomic E-state index is 0.0107. The molecule has 0 saturated carbocycles. The van der Waals surface area contributed by atoms with Gasteiger partial charge in [-0.3, -0.25) is 10.1 Å². The SMILES string of the molecule is II.Nc1ncc(N)c(NCCO)n1.Nc1ncc([N+](=O)[O-])c(NCCO)n1.Nc1ncc2ncn(CCO)c2n1. The largest absolute Gasteiger partial charge is 0.395 e. The van der Waals surface area contributed by atoms with Gasteiger partial charge in [-0.25, -0.2) is 19.9 Å². The third-order valence-corrected chi connectivity index (χ3v) is 4.35. The van der Waals surface area contributed by atoms with Crippen molar-refractivity contribution in [1.29, 1.82) is 0 Å². The smallest absolute Gasteiger partial charge is 0.329 e. The second kappa shape index (κ2) is 19.3. The number of halogens is 2. The molecule has 0 spiro atoms. The Balaban J connectivity index is 0.000000299. The van der Waals surface area contributed by atoms with E-state index in [1.54, 1.807) is 17.1 Å². The molecule has 0 atom stereocenters. The number of imidazole rings is 1. The van der Waals surface area contributed by atoms with Gasteiger partial charge in [0.15, 0.2) is 11.5 Å². The minimum Gasteiger partial charge on any atom is -0.395 e. The monoisotopic (exact) mass is 801 g/mol. The Bertz CT molecular complexity index is 1360. The highest BCUT2D eigenvalue weighted by molar-refractivity contribution is 15.0. The number of hydrogen-bond donors (Lipinski definition) is 9. The maximum absolute atomic E-state index is 10.5. The number of aliphatic hydroxyl groups excluding tert-OH is 3. The van der Waals surface area contributed by atoms with Crippen LogP contribution in [0.1, 0.15) is 0 Å². The molecule has 20 nitrogen and oxygen atoms in total. The molecule has 0 radical (unpaired) electrons. The predicted molar refractivity (Wildman–Crippen MR) is 170 cm³/mol. The van der Waals surface area contributed by atoms with Gasteiger partial charge in [0, 0.05) is 56.9 Å². The van der Waals surface area contributed by atoms with E-state index in [-0.39, 0.29) is 55.7 Å². The standard InChI is InChI=1S/C7H9N5O.C6H9N5O3.C6H11N5O.I2/c8-7-9-3-5-6(11-7)12(1-2-13)4-10-5;7-6-9-3-4(11(13)14)5(10-6)8-1-2-12;7-4-3-10-6(8)11-5(4)9-1-2-12;1-2/h3-4,13H,1-2H2,(H2,8,9,11);3,12H,1-2H2,(H3,7,8,9,10);3,12H,1-2,7H2,(H3,8,9,10,11);. The Labute approximate surface area is 255 Å². The minimum atomic E-state index is -0.626. The van der Waals surface area contributed by atoms with Crippen LogP contribution < -0.4 is 33.6 Å². The van der Waals surface area contributed by atoms with Crippen molar-refractivity contribution < 1.29 is 20.2 Å². The van der Waals surface area contributed by atoms with Gasteiger partial charge >= 0.3 is 5.69 Å². The van der Waals surface area contributed by atoms with E-state index in [9.17, 15) is 10.1 Å². The van der Waals surface area contributed by atoms with Gasteiger partial charge in [0.1, 0.15) is 11.7 Å². The van der Waals surface area contributed by atoms with Gasteiger partial charge in [0.05, 0.1) is 49.2 Å². The molecule has 4 rings (SSSR count). The number of nitro groups is 1. The fraction of sp³-hybridized carbons (Fsp3) is 0.316. The molecule has 4 aromatic heterocycles. The molecule has 13 N–H and O–H groups in total. The van der Waals surface area contributed by atoms with Gasteiger partial charge in [0.25, 0.3) is 0 Å². The van der Waals surface area contributed by atoms with E-state index in [0.717, 1.165) is 6.20 Å². The third kappa shape index (κ3) is 12.1. The number of nitrogen functional groups attached to an aromatic ring is 4. The van der Waals surface area contributed by atoms with Gasteiger partial charge in [0.2, 0.25) is 23.7 Å². The summed E-state index contributed by atoms with van der Waals surface area (Å²) in [5.74, 6) is 0.779. The first kappa shape index (κ1) is 35.3. The molecule has 0 saturated heterocycles. The van der Waals surface area contributed by atoms with Crippen LogP contribution in [0, 0.1) is 10.1 Å². The molecule has 224 valence electrons. The first-order valence-corrected chi connectivity index (χ1v) is 17.5. The zero-order valence-electron chi connectivity index (χ0n) is 21.3. The van der Waals surface area contributed by atoms with Crippen LogP contribution in [0.5, 0.6) is 0 Å². The van der Waals surface area contributed by atoms with Crippen LogP contribution in [-0.4, -0.2) is 92.6 Å². The van der Waals surface area contributed by atoms with Gasteiger partial charge in [-0.2, -0.15) is 15.0 Å². The van der Waals surface area contributed by atoms with Crippen LogP contribution >= 0.6 is 37.2 Å². The van der Waals surface area contributed by atoms with Crippen LogP contribution in [0.4, 0.5) is 40.9 Å². The molecule has 4 heterocycles. The summed E-state index contributed by atoms with van der Waals surface area (Å²) in [5, 5.41) is 41.6. The van der Waals surface area contributed by atoms with Crippen LogP contribution in [0.15, 0.2) is 24.9 Å². The molecule has 0 aliphatic rings. The molecular formula is C19H29I2N15O5. The lowest BCUT2D eigenvalue weighted by Gasteiger charge is -2.05. The molecule has 0 fully saturated rings. The summed E-state index contributed by atoms with van der Waals surface area (Å²) >= 11 is 4.24.